The van der Waals surface area contributed by atoms with Crippen molar-refractivity contribution in [2.75, 3.05) is 26.3 Å². The molecule has 2 heterocycles. The maximum Gasteiger partial charge on any atom is 0.469 e. The van der Waals surface area contributed by atoms with Crippen molar-refractivity contribution in [2.45, 2.75) is 38.7 Å². The molecule has 6 N–H and O–H groups in total. The SMILES string of the molecule is CC(C)C[C@H](N)B(O)O.O=C(O)[C@H](Cc1ccc2ccccc2n1)NC(=O)N1CCOCC1. The van der Waals surface area contributed by atoms with Gasteiger partial charge in [0.05, 0.1) is 18.7 Å². The minimum absolute atomic E-state index is 0.135. The van der Waals surface area contributed by atoms with Gasteiger partial charge in [-0.25, -0.2) is 9.59 Å². The first-order valence-electron chi connectivity index (χ1n) is 11.0. The van der Waals surface area contributed by atoms with E-state index in [0.717, 1.165) is 10.9 Å². The van der Waals surface area contributed by atoms with Crippen molar-refractivity contribution in [2.24, 2.45) is 11.7 Å². The van der Waals surface area contributed by atoms with Crippen LogP contribution in [0.15, 0.2) is 36.4 Å². The highest BCUT2D eigenvalue weighted by Gasteiger charge is 2.25. The van der Waals surface area contributed by atoms with Crippen molar-refractivity contribution in [3.63, 3.8) is 0 Å². The zero-order chi connectivity index (χ0) is 24.4. The number of nitrogens with two attached hydrogens (primary N) is 1. The molecule has 2 amide bonds. The number of morpholine rings is 1. The second kappa shape index (κ2) is 13.1. The Kier molecular flexibility index (Phi) is 10.5. The van der Waals surface area contributed by atoms with Crippen LogP contribution >= 0.6 is 0 Å². The summed E-state index contributed by atoms with van der Waals surface area (Å²) in [5, 5.41) is 30.0. The molecule has 2 atom stereocenters. The molecule has 10 nitrogen and oxygen atoms in total. The fourth-order valence-electron chi connectivity index (χ4n) is 3.30. The Bertz CT molecular complexity index is 907. The van der Waals surface area contributed by atoms with Crippen LogP contribution < -0.4 is 11.1 Å². The molecular weight excluding hydrogens is 427 g/mol. The number of carbonyl (C=O) groups is 2. The largest absolute Gasteiger partial charge is 0.480 e. The van der Waals surface area contributed by atoms with E-state index in [0.29, 0.717) is 44.3 Å². The van der Waals surface area contributed by atoms with Gasteiger partial charge in [-0.15, -0.1) is 0 Å². The molecule has 11 heteroatoms. The van der Waals surface area contributed by atoms with Gasteiger partial charge in [-0.1, -0.05) is 38.1 Å². The van der Waals surface area contributed by atoms with Crippen molar-refractivity contribution < 1.29 is 29.5 Å². The van der Waals surface area contributed by atoms with Gasteiger partial charge in [0.1, 0.15) is 6.04 Å². The Morgan fingerprint density at radius 1 is 1.18 bits per heavy atom. The minimum Gasteiger partial charge on any atom is -0.480 e. The van der Waals surface area contributed by atoms with Gasteiger partial charge >= 0.3 is 19.1 Å². The number of para-hydroxylation sites is 1. The summed E-state index contributed by atoms with van der Waals surface area (Å²) in [6.45, 7) is 5.85. The Morgan fingerprint density at radius 2 is 1.85 bits per heavy atom. The van der Waals surface area contributed by atoms with Crippen LogP contribution in [0.5, 0.6) is 0 Å². The van der Waals surface area contributed by atoms with Crippen molar-refractivity contribution in [3.05, 3.63) is 42.1 Å². The summed E-state index contributed by atoms with van der Waals surface area (Å²) in [5.41, 5.74) is 6.75. The lowest BCUT2D eigenvalue weighted by Gasteiger charge is -2.28. The van der Waals surface area contributed by atoms with E-state index in [1.165, 1.54) is 0 Å². The molecular formula is C22H33BN4O6. The van der Waals surface area contributed by atoms with Gasteiger partial charge in [-0.05, 0) is 24.5 Å². The highest BCUT2D eigenvalue weighted by atomic mass is 16.5. The van der Waals surface area contributed by atoms with Crippen LogP contribution in [-0.2, 0) is 16.0 Å². The predicted octanol–water partition coefficient (Wildman–Crippen LogP) is 0.644. The Hall–Kier alpha value is -2.73. The summed E-state index contributed by atoms with van der Waals surface area (Å²) in [6, 6.07) is 9.92. The molecule has 33 heavy (non-hydrogen) atoms. The van der Waals surface area contributed by atoms with E-state index < -0.39 is 25.1 Å². The predicted molar refractivity (Wildman–Crippen MR) is 125 cm³/mol. The summed E-state index contributed by atoms with van der Waals surface area (Å²) in [5.74, 6) is -1.15. The number of fused-ring (bicyclic) bond motifs is 1. The lowest BCUT2D eigenvalue weighted by molar-refractivity contribution is -0.139. The van der Waals surface area contributed by atoms with Gasteiger partial charge in [0, 0.05) is 36.5 Å². The number of aliphatic carboxylic acids is 1. The van der Waals surface area contributed by atoms with Crippen LogP contribution in [0.2, 0.25) is 0 Å². The monoisotopic (exact) mass is 460 g/mol. The summed E-state index contributed by atoms with van der Waals surface area (Å²) >= 11 is 0. The van der Waals surface area contributed by atoms with Crippen LogP contribution in [0.1, 0.15) is 26.0 Å². The Morgan fingerprint density at radius 3 is 2.42 bits per heavy atom. The third-order valence-electron chi connectivity index (χ3n) is 5.09. The normalized spacial score (nSPS) is 15.4. The van der Waals surface area contributed by atoms with Gasteiger partial charge in [-0.2, -0.15) is 0 Å². The van der Waals surface area contributed by atoms with Gasteiger partial charge in [-0.3, -0.25) is 4.98 Å². The van der Waals surface area contributed by atoms with Crippen LogP contribution in [0, 0.1) is 5.92 Å². The molecule has 1 aromatic carbocycles. The first kappa shape index (κ1) is 26.5. The third-order valence-corrected chi connectivity index (χ3v) is 5.09. The second-order valence-electron chi connectivity index (χ2n) is 8.35. The van der Waals surface area contributed by atoms with E-state index in [1.807, 2.05) is 44.2 Å². The number of nitrogens with one attached hydrogen (secondary N) is 1. The average molecular weight is 460 g/mol. The summed E-state index contributed by atoms with van der Waals surface area (Å²) < 4.78 is 5.19. The van der Waals surface area contributed by atoms with E-state index in [1.54, 1.807) is 11.0 Å². The number of hydrogen-bond donors (Lipinski definition) is 5. The average Bonchev–Trinajstić information content (AvgIpc) is 2.79. The standard InChI is InChI=1S/C17H19N3O4.C5H14BNO2/c21-16(22)15(19-17(23)20-7-9-24-10-8-20)11-13-6-5-12-3-1-2-4-14(12)18-13;1-4(2)3-5(7)6(8)9/h1-6,15H,7-11H2,(H,19,23)(H,21,22);4-5,8-9H,3,7H2,1-2H3/t15-;5-/m00/s1. The highest BCUT2D eigenvalue weighted by molar-refractivity contribution is 6.43. The summed E-state index contributed by atoms with van der Waals surface area (Å²) in [4.78, 5) is 29.7. The lowest BCUT2D eigenvalue weighted by atomic mass is 9.76. The highest BCUT2D eigenvalue weighted by Crippen LogP contribution is 2.13. The number of carboxylic acids is 1. The molecule has 3 rings (SSSR count). The number of pyridine rings is 1. The van der Waals surface area contributed by atoms with E-state index in [-0.39, 0.29) is 12.5 Å². The number of nitrogens with zero attached hydrogens (tertiary/aromatic N) is 2. The first-order valence-corrected chi connectivity index (χ1v) is 11.0. The van der Waals surface area contributed by atoms with E-state index >= 15 is 0 Å². The fraction of sp³-hybridized carbons (Fsp3) is 0.500. The maximum atomic E-state index is 12.2. The number of amides is 2. The molecule has 1 fully saturated rings. The number of aromatic nitrogens is 1. The molecule has 1 saturated heterocycles. The first-order chi connectivity index (χ1) is 15.7. The Labute approximate surface area is 193 Å². The van der Waals surface area contributed by atoms with E-state index in [9.17, 15) is 14.7 Å². The van der Waals surface area contributed by atoms with Gasteiger partial charge in [0.2, 0.25) is 0 Å². The molecule has 1 aliphatic rings. The van der Waals surface area contributed by atoms with Gasteiger partial charge < -0.3 is 35.8 Å². The molecule has 180 valence electrons. The molecule has 1 aliphatic heterocycles. The number of ether oxygens (including phenoxy) is 1. The molecule has 0 radical (unpaired) electrons. The molecule has 0 saturated carbocycles. The minimum atomic E-state index is -1.37. The fourth-order valence-corrected chi connectivity index (χ4v) is 3.30. The van der Waals surface area contributed by atoms with Gasteiger partial charge in [0.15, 0.2) is 0 Å². The smallest absolute Gasteiger partial charge is 0.469 e. The zero-order valence-corrected chi connectivity index (χ0v) is 19.1. The van der Waals surface area contributed by atoms with Crippen molar-refractivity contribution >= 4 is 30.0 Å². The number of carbonyl (C=O) groups excluding carboxylic acids is 1. The van der Waals surface area contributed by atoms with Crippen LogP contribution in [0.3, 0.4) is 0 Å². The number of urea groups is 1. The molecule has 0 spiro atoms. The maximum absolute atomic E-state index is 12.2. The van der Waals surface area contributed by atoms with Crippen molar-refractivity contribution in [1.82, 2.24) is 15.2 Å². The molecule has 0 bridgehead atoms. The second-order valence-corrected chi connectivity index (χ2v) is 8.35. The number of benzene rings is 1. The number of hydrogen-bond acceptors (Lipinski definition) is 7. The number of rotatable bonds is 7. The third kappa shape index (κ3) is 8.97. The van der Waals surface area contributed by atoms with Crippen LogP contribution in [0.4, 0.5) is 4.79 Å². The quantitative estimate of drug-likeness (QED) is 0.377. The van der Waals surface area contributed by atoms with Crippen LogP contribution in [-0.4, -0.2) is 82.4 Å². The number of carboxylic acid groups (broad SMARTS) is 1. The molecule has 2 aromatic rings. The van der Waals surface area contributed by atoms with Crippen molar-refractivity contribution in [1.29, 1.82) is 0 Å². The summed E-state index contributed by atoms with van der Waals surface area (Å²) in [7, 11) is -1.37. The topological polar surface area (TPSA) is 158 Å². The lowest BCUT2D eigenvalue weighted by Crippen LogP contribution is -2.51. The molecule has 0 unspecified atom stereocenters. The van der Waals surface area contributed by atoms with E-state index in [2.05, 4.69) is 10.3 Å². The van der Waals surface area contributed by atoms with Crippen molar-refractivity contribution in [3.8, 4) is 0 Å². The van der Waals surface area contributed by atoms with Crippen LogP contribution in [0.25, 0.3) is 10.9 Å². The molecule has 0 aliphatic carbocycles. The van der Waals surface area contributed by atoms with E-state index in [4.69, 9.17) is 20.5 Å². The Balaban J connectivity index is 0.000000365. The zero-order valence-electron chi connectivity index (χ0n) is 19.1. The van der Waals surface area contributed by atoms with Gasteiger partial charge in [0.25, 0.3) is 0 Å². The summed E-state index contributed by atoms with van der Waals surface area (Å²) in [6.07, 6.45) is 0.786. The molecule has 1 aromatic heterocycles.